The second kappa shape index (κ2) is 5.69. The summed E-state index contributed by atoms with van der Waals surface area (Å²) in [5.41, 5.74) is 1.10. The molecule has 1 aliphatic carbocycles. The van der Waals surface area contributed by atoms with Crippen molar-refractivity contribution in [2.45, 2.75) is 47.6 Å². The molecule has 1 aromatic rings. The molecular formula is C13H20N2O2S2. The summed E-state index contributed by atoms with van der Waals surface area (Å²) >= 11 is 3.59. The monoisotopic (exact) mass is 300 g/mol. The number of ether oxygens (including phenoxy) is 2. The van der Waals surface area contributed by atoms with E-state index in [2.05, 4.69) is 15.7 Å². The summed E-state index contributed by atoms with van der Waals surface area (Å²) in [4.78, 5) is 4.56. The van der Waals surface area contributed by atoms with Crippen molar-refractivity contribution in [3.05, 3.63) is 11.1 Å². The Kier molecular flexibility index (Phi) is 4.14. The molecule has 0 bridgehead atoms. The molecular weight excluding hydrogens is 280 g/mol. The van der Waals surface area contributed by atoms with Gasteiger partial charge in [-0.15, -0.1) is 11.3 Å². The minimum absolute atomic E-state index is 0.322. The predicted molar refractivity (Wildman–Crippen MR) is 77.8 cm³/mol. The first-order chi connectivity index (χ1) is 9.21. The molecule has 0 amide bonds. The minimum atomic E-state index is -0.322. The molecule has 106 valence electrons. The van der Waals surface area contributed by atoms with Gasteiger partial charge in [-0.2, -0.15) is 0 Å². The van der Waals surface area contributed by atoms with E-state index in [1.165, 1.54) is 0 Å². The Morgan fingerprint density at radius 1 is 1.47 bits per heavy atom. The maximum atomic E-state index is 5.87. The van der Waals surface area contributed by atoms with E-state index < -0.39 is 0 Å². The molecule has 2 atom stereocenters. The minimum Gasteiger partial charge on any atom is -0.347 e. The van der Waals surface area contributed by atoms with Gasteiger partial charge in [-0.1, -0.05) is 11.8 Å². The van der Waals surface area contributed by atoms with Crippen molar-refractivity contribution in [1.29, 1.82) is 0 Å². The van der Waals surface area contributed by atoms with Crippen LogP contribution in [0, 0.1) is 6.92 Å². The Hall–Kier alpha value is -0.140. The summed E-state index contributed by atoms with van der Waals surface area (Å²) in [5, 5.41) is 6.00. The van der Waals surface area contributed by atoms with Crippen LogP contribution in [0.3, 0.4) is 0 Å². The fraction of sp³-hybridized carbons (Fsp3) is 0.769. The average molecular weight is 300 g/mol. The van der Waals surface area contributed by atoms with E-state index in [0.717, 1.165) is 42.5 Å². The van der Waals surface area contributed by atoms with E-state index in [-0.39, 0.29) is 5.79 Å². The summed E-state index contributed by atoms with van der Waals surface area (Å²) in [5.74, 6) is -0.322. The third-order valence-corrected chi connectivity index (χ3v) is 6.25. The quantitative estimate of drug-likeness (QED) is 0.929. The number of nitrogens with zero attached hydrogens (tertiary/aromatic N) is 1. The Labute approximate surface area is 122 Å². The number of rotatable bonds is 3. The number of aryl methyl sites for hydroxylation is 1. The van der Waals surface area contributed by atoms with Crippen molar-refractivity contribution < 1.29 is 9.47 Å². The number of aromatic nitrogens is 1. The summed E-state index contributed by atoms with van der Waals surface area (Å²) in [6, 6.07) is 0.507. The standard InChI is InChI=1S/C13H20N2O2S2/c1-9-8-18-12(15-9)19-11-7-13(16-5-6-17-13)4-3-10(11)14-2/h8,10-11,14H,3-7H2,1-2H3. The smallest absolute Gasteiger partial charge is 0.169 e. The summed E-state index contributed by atoms with van der Waals surface area (Å²) in [6.45, 7) is 3.51. The maximum absolute atomic E-state index is 5.87. The van der Waals surface area contributed by atoms with Crippen molar-refractivity contribution in [2.24, 2.45) is 0 Å². The Morgan fingerprint density at radius 3 is 2.89 bits per heavy atom. The van der Waals surface area contributed by atoms with Crippen LogP contribution in [0.1, 0.15) is 25.0 Å². The van der Waals surface area contributed by atoms with E-state index >= 15 is 0 Å². The third-order valence-electron chi connectivity index (χ3n) is 3.83. The van der Waals surface area contributed by atoms with Crippen LogP contribution in [0.4, 0.5) is 0 Å². The zero-order valence-electron chi connectivity index (χ0n) is 11.3. The largest absolute Gasteiger partial charge is 0.347 e. The maximum Gasteiger partial charge on any atom is 0.169 e. The molecule has 1 saturated heterocycles. The highest BCUT2D eigenvalue weighted by Gasteiger charge is 2.45. The van der Waals surface area contributed by atoms with Gasteiger partial charge in [0, 0.05) is 35.2 Å². The van der Waals surface area contributed by atoms with Crippen molar-refractivity contribution in [3.63, 3.8) is 0 Å². The van der Waals surface area contributed by atoms with Crippen LogP contribution in [-0.4, -0.2) is 42.3 Å². The van der Waals surface area contributed by atoms with E-state index in [1.807, 2.05) is 25.7 Å². The Morgan fingerprint density at radius 2 is 2.26 bits per heavy atom. The van der Waals surface area contributed by atoms with Crippen LogP contribution in [0.15, 0.2) is 9.72 Å². The molecule has 2 fully saturated rings. The molecule has 19 heavy (non-hydrogen) atoms. The van der Waals surface area contributed by atoms with Gasteiger partial charge >= 0.3 is 0 Å². The first-order valence-electron chi connectivity index (χ1n) is 6.75. The Balaban J connectivity index is 1.71. The van der Waals surface area contributed by atoms with E-state index in [4.69, 9.17) is 9.47 Å². The predicted octanol–water partition coefficient (Wildman–Crippen LogP) is 2.43. The molecule has 6 heteroatoms. The van der Waals surface area contributed by atoms with Gasteiger partial charge in [0.05, 0.1) is 13.2 Å². The lowest BCUT2D eigenvalue weighted by molar-refractivity contribution is -0.177. The normalized spacial score (nSPS) is 30.0. The number of hydrogen-bond donors (Lipinski definition) is 1. The molecule has 2 heterocycles. The topological polar surface area (TPSA) is 43.4 Å². The molecule has 1 saturated carbocycles. The van der Waals surface area contributed by atoms with Gasteiger partial charge in [0.15, 0.2) is 5.79 Å². The van der Waals surface area contributed by atoms with Gasteiger partial charge in [0.2, 0.25) is 0 Å². The fourth-order valence-electron chi connectivity index (χ4n) is 2.84. The van der Waals surface area contributed by atoms with Gasteiger partial charge in [-0.25, -0.2) is 4.98 Å². The van der Waals surface area contributed by atoms with Gasteiger partial charge in [-0.05, 0) is 20.4 Å². The van der Waals surface area contributed by atoms with Crippen molar-refractivity contribution in [1.82, 2.24) is 10.3 Å². The van der Waals surface area contributed by atoms with Gasteiger partial charge < -0.3 is 14.8 Å². The average Bonchev–Trinajstić information content (AvgIpc) is 3.00. The van der Waals surface area contributed by atoms with Crippen molar-refractivity contribution in [3.8, 4) is 0 Å². The summed E-state index contributed by atoms with van der Waals surface area (Å²) in [6.07, 6.45) is 3.03. The lowest BCUT2D eigenvalue weighted by Crippen LogP contribution is -2.48. The van der Waals surface area contributed by atoms with Crippen LogP contribution < -0.4 is 5.32 Å². The highest BCUT2D eigenvalue weighted by molar-refractivity contribution is 8.01. The zero-order chi connectivity index (χ0) is 13.3. The molecule has 1 spiro atoms. The SMILES string of the molecule is CNC1CCC2(CC1Sc1nc(C)cs1)OCCO2. The first-order valence-corrected chi connectivity index (χ1v) is 8.51. The number of thioether (sulfide) groups is 1. The van der Waals surface area contributed by atoms with Crippen molar-refractivity contribution >= 4 is 23.1 Å². The van der Waals surface area contributed by atoms with Crippen molar-refractivity contribution in [2.75, 3.05) is 20.3 Å². The molecule has 1 aromatic heterocycles. The van der Waals surface area contributed by atoms with Gasteiger partial charge in [0.1, 0.15) is 4.34 Å². The van der Waals surface area contributed by atoms with E-state index in [0.29, 0.717) is 11.3 Å². The summed E-state index contributed by atoms with van der Waals surface area (Å²) < 4.78 is 12.9. The highest BCUT2D eigenvalue weighted by atomic mass is 32.2. The van der Waals surface area contributed by atoms with Crippen LogP contribution in [0.2, 0.25) is 0 Å². The molecule has 0 radical (unpaired) electrons. The molecule has 3 rings (SSSR count). The summed E-state index contributed by atoms with van der Waals surface area (Å²) in [7, 11) is 2.04. The van der Waals surface area contributed by atoms with Gasteiger partial charge in [0.25, 0.3) is 0 Å². The van der Waals surface area contributed by atoms with Gasteiger partial charge in [-0.3, -0.25) is 0 Å². The molecule has 2 unspecified atom stereocenters. The van der Waals surface area contributed by atoms with Crippen LogP contribution >= 0.6 is 23.1 Å². The number of hydrogen-bond acceptors (Lipinski definition) is 6. The number of nitrogens with one attached hydrogen (secondary N) is 1. The van der Waals surface area contributed by atoms with Crippen LogP contribution in [0.25, 0.3) is 0 Å². The highest BCUT2D eigenvalue weighted by Crippen LogP contribution is 2.43. The van der Waals surface area contributed by atoms with Crippen LogP contribution in [-0.2, 0) is 9.47 Å². The molecule has 1 aliphatic heterocycles. The molecule has 0 aromatic carbocycles. The molecule has 1 N–H and O–H groups in total. The lowest BCUT2D eigenvalue weighted by atomic mass is 9.89. The molecule has 4 nitrogen and oxygen atoms in total. The Bertz CT molecular complexity index is 432. The second-order valence-corrected chi connectivity index (χ2v) is 7.50. The second-order valence-electron chi connectivity index (χ2n) is 5.16. The lowest BCUT2D eigenvalue weighted by Gasteiger charge is -2.40. The fourth-order valence-corrected chi connectivity index (χ4v) is 5.33. The van der Waals surface area contributed by atoms with E-state index in [9.17, 15) is 0 Å². The third kappa shape index (κ3) is 2.97. The van der Waals surface area contributed by atoms with Crippen LogP contribution in [0.5, 0.6) is 0 Å². The number of thiazole rings is 1. The zero-order valence-corrected chi connectivity index (χ0v) is 13.0. The first kappa shape index (κ1) is 13.8. The molecule has 2 aliphatic rings. The van der Waals surface area contributed by atoms with E-state index in [1.54, 1.807) is 11.3 Å².